The number of rotatable bonds is 10. The van der Waals surface area contributed by atoms with Crippen LogP contribution in [0.5, 0.6) is 0 Å². The molecule has 1 heterocycles. The number of aryl methyl sites for hydroxylation is 1. The summed E-state index contributed by atoms with van der Waals surface area (Å²) in [6, 6.07) is 6.71. The molecule has 0 spiro atoms. The van der Waals surface area contributed by atoms with Gasteiger partial charge in [0.2, 0.25) is 5.91 Å². The summed E-state index contributed by atoms with van der Waals surface area (Å²) >= 11 is 6.28. The molecule has 10 nitrogen and oxygen atoms in total. The summed E-state index contributed by atoms with van der Waals surface area (Å²) in [7, 11) is 3.56. The number of hydrogen-bond acceptors (Lipinski definition) is 7. The van der Waals surface area contributed by atoms with Crippen LogP contribution in [-0.4, -0.2) is 54.2 Å². The topological polar surface area (TPSA) is 127 Å². The molecule has 0 unspecified atom stereocenters. The van der Waals surface area contributed by atoms with Crippen LogP contribution in [0.4, 0.5) is 15.8 Å². The Hall–Kier alpha value is -3.19. The van der Waals surface area contributed by atoms with Crippen molar-refractivity contribution in [3.8, 4) is 0 Å². The van der Waals surface area contributed by atoms with Crippen LogP contribution < -0.4 is 21.7 Å². The van der Waals surface area contributed by atoms with Gasteiger partial charge in [-0.25, -0.2) is 20.3 Å². The molecule has 0 bridgehead atoms. The van der Waals surface area contributed by atoms with E-state index in [1.54, 1.807) is 29.8 Å². The van der Waals surface area contributed by atoms with Crippen LogP contribution >= 0.6 is 11.6 Å². The average Bonchev–Trinajstić information content (AvgIpc) is 3.16. The van der Waals surface area contributed by atoms with Crippen molar-refractivity contribution < 1.29 is 28.8 Å². The van der Waals surface area contributed by atoms with Crippen molar-refractivity contribution in [2.45, 2.75) is 6.42 Å². The van der Waals surface area contributed by atoms with Gasteiger partial charge in [-0.05, 0) is 18.2 Å². The van der Waals surface area contributed by atoms with Crippen LogP contribution in [0.3, 0.4) is 0 Å². The number of imidazole rings is 1. The maximum Gasteiger partial charge on any atom is 0.277 e. The number of halogens is 2. The zero-order valence-corrected chi connectivity index (χ0v) is 18.7. The fourth-order valence-electron chi connectivity index (χ4n) is 2.98. The summed E-state index contributed by atoms with van der Waals surface area (Å²) in [4.78, 5) is 32.9. The summed E-state index contributed by atoms with van der Waals surface area (Å²) in [5.41, 5.74) is 5.50. The summed E-state index contributed by atoms with van der Waals surface area (Å²) in [6.45, 7) is 0.130. The molecule has 0 saturated carbocycles. The van der Waals surface area contributed by atoms with Crippen molar-refractivity contribution >= 4 is 59.1 Å². The van der Waals surface area contributed by atoms with Gasteiger partial charge < -0.3 is 14.6 Å². The van der Waals surface area contributed by atoms with E-state index < -0.39 is 17.6 Å². The largest absolute Gasteiger partial charge is 0.378 e. The number of carbonyl (C=O) groups is 2. The Balaban J connectivity index is 1.75. The summed E-state index contributed by atoms with van der Waals surface area (Å²) < 4.78 is 22.1. The van der Waals surface area contributed by atoms with Crippen molar-refractivity contribution in [1.29, 1.82) is 0 Å². The Bertz CT molecular complexity index is 1180. The highest BCUT2D eigenvalue weighted by Gasteiger charge is 2.22. The highest BCUT2D eigenvalue weighted by atomic mass is 35.5. The van der Waals surface area contributed by atoms with E-state index in [-0.39, 0.29) is 43.0 Å². The minimum atomic E-state index is -0.708. The number of hydrogen-bond donors (Lipinski definition) is 4. The number of nitrogens with zero attached hydrogens (tertiary/aromatic N) is 2. The quantitative estimate of drug-likeness (QED) is 0.148. The first-order chi connectivity index (χ1) is 15.8. The average molecular weight is 478 g/mol. The van der Waals surface area contributed by atoms with E-state index in [2.05, 4.69) is 15.8 Å². The van der Waals surface area contributed by atoms with E-state index in [0.717, 1.165) is 5.46 Å². The molecule has 0 atom stereocenters. The van der Waals surface area contributed by atoms with Gasteiger partial charge >= 0.3 is 0 Å². The molecule has 1 aromatic heterocycles. The molecule has 0 fully saturated rings. The predicted molar refractivity (Wildman–Crippen MR) is 122 cm³/mol. The third kappa shape index (κ3) is 5.99. The number of amides is 2. The number of nitrogens with one attached hydrogen (secondary N) is 3. The highest BCUT2D eigenvalue weighted by Crippen LogP contribution is 2.32. The van der Waals surface area contributed by atoms with Crippen molar-refractivity contribution in [2.24, 2.45) is 7.05 Å². The lowest BCUT2D eigenvalue weighted by atomic mass is 9.96. The van der Waals surface area contributed by atoms with Gasteiger partial charge in [0.05, 0.1) is 60.0 Å². The third-order valence-electron chi connectivity index (χ3n) is 4.68. The Kier molecular flexibility index (Phi) is 8.23. The Morgan fingerprint density at radius 1 is 1.27 bits per heavy atom. The van der Waals surface area contributed by atoms with E-state index in [0.29, 0.717) is 16.2 Å². The summed E-state index contributed by atoms with van der Waals surface area (Å²) in [6.07, 6.45) is 1.42. The molecule has 0 aliphatic carbocycles. The molecule has 33 heavy (non-hydrogen) atoms. The van der Waals surface area contributed by atoms with Gasteiger partial charge in [-0.2, -0.15) is 0 Å². The molecule has 0 aliphatic rings. The minimum Gasteiger partial charge on any atom is -0.378 e. The van der Waals surface area contributed by atoms with Crippen molar-refractivity contribution in [2.75, 3.05) is 25.1 Å². The second-order valence-corrected chi connectivity index (χ2v) is 7.53. The third-order valence-corrected chi connectivity index (χ3v) is 4.99. The van der Waals surface area contributed by atoms with Gasteiger partial charge in [0.25, 0.3) is 5.91 Å². The first kappa shape index (κ1) is 24.5. The number of ether oxygens (including phenoxy) is 1. The van der Waals surface area contributed by atoms with Crippen molar-refractivity contribution in [3.05, 3.63) is 47.0 Å². The summed E-state index contributed by atoms with van der Waals surface area (Å²) in [5.74, 6) is -1.98. The van der Waals surface area contributed by atoms with E-state index >= 15 is 4.39 Å². The van der Waals surface area contributed by atoms with Gasteiger partial charge in [-0.3, -0.25) is 19.6 Å². The number of benzene rings is 2. The normalized spacial score (nSPS) is 10.9. The number of anilines is 2. The second kappa shape index (κ2) is 11.1. The molecule has 0 radical (unpaired) electrons. The molecule has 0 aliphatic heterocycles. The molecule has 3 aromatic rings. The molecular weight excluding hydrogens is 456 g/mol. The lowest BCUT2D eigenvalue weighted by Gasteiger charge is -2.15. The molecule has 3 rings (SSSR count). The van der Waals surface area contributed by atoms with E-state index in [4.69, 9.17) is 26.4 Å². The first-order valence-electron chi connectivity index (χ1n) is 9.91. The van der Waals surface area contributed by atoms with E-state index in [9.17, 15) is 9.59 Å². The van der Waals surface area contributed by atoms with Crippen LogP contribution in [0.2, 0.25) is 5.02 Å². The van der Waals surface area contributed by atoms with Crippen molar-refractivity contribution in [1.82, 2.24) is 20.5 Å². The number of fused-ring (bicyclic) bond motifs is 1. The Morgan fingerprint density at radius 3 is 2.79 bits per heavy atom. The smallest absolute Gasteiger partial charge is 0.277 e. The zero-order chi connectivity index (χ0) is 24.0. The standard InChI is InChI=1S/C20H22BClFN5O5/c1-28-10-24-19-15(28)9-12(20(30)27-33-7-6-32-5-4-16(29)26-31)18(17(19)23)25-14-3-2-11(21)8-13(14)22/h2-3,8-10,25,31H,4-7,21H2,1H3,(H,26,29)(H,27,30). The predicted octanol–water partition coefficient (Wildman–Crippen LogP) is 0.941. The number of aromatic nitrogens is 2. The summed E-state index contributed by atoms with van der Waals surface area (Å²) in [5, 5.41) is 11.7. The van der Waals surface area contributed by atoms with E-state index in [1.165, 1.54) is 17.9 Å². The fourth-order valence-corrected chi connectivity index (χ4v) is 3.26. The molecule has 174 valence electrons. The van der Waals surface area contributed by atoms with Crippen LogP contribution in [0, 0.1) is 5.82 Å². The first-order valence-corrected chi connectivity index (χ1v) is 10.3. The molecular formula is C20H22BClFN5O5. The second-order valence-electron chi connectivity index (χ2n) is 7.12. The van der Waals surface area contributed by atoms with Crippen LogP contribution in [-0.2, 0) is 21.4 Å². The molecule has 2 aromatic carbocycles. The van der Waals surface area contributed by atoms with Gasteiger partial charge in [-0.1, -0.05) is 23.1 Å². The number of carbonyl (C=O) groups excluding carboxylic acids is 2. The van der Waals surface area contributed by atoms with Gasteiger partial charge in [0.15, 0.2) is 5.82 Å². The monoisotopic (exact) mass is 477 g/mol. The molecule has 0 saturated heterocycles. The number of hydroxylamine groups is 2. The SMILES string of the molecule is Bc1ccc(Nc2c(C(=O)NOCCOCCC(=O)NO)cc3c(ncn3C)c2F)c(Cl)c1. The maximum absolute atomic E-state index is 15.3. The zero-order valence-electron chi connectivity index (χ0n) is 17.9. The lowest BCUT2D eigenvalue weighted by molar-refractivity contribution is -0.130. The maximum atomic E-state index is 15.3. The van der Waals surface area contributed by atoms with Crippen LogP contribution in [0.25, 0.3) is 11.0 Å². The van der Waals surface area contributed by atoms with Gasteiger partial charge in [0.1, 0.15) is 13.4 Å². The van der Waals surface area contributed by atoms with Gasteiger partial charge in [0, 0.05) is 7.05 Å². The van der Waals surface area contributed by atoms with Gasteiger partial charge in [-0.15, -0.1) is 0 Å². The minimum absolute atomic E-state index is 0.0132. The Morgan fingerprint density at radius 2 is 2.06 bits per heavy atom. The van der Waals surface area contributed by atoms with Crippen molar-refractivity contribution in [3.63, 3.8) is 0 Å². The highest BCUT2D eigenvalue weighted by molar-refractivity contribution is 6.37. The molecule has 2 amide bonds. The van der Waals surface area contributed by atoms with Crippen LogP contribution in [0.15, 0.2) is 30.6 Å². The molecule has 4 N–H and O–H groups in total. The van der Waals surface area contributed by atoms with E-state index in [1.807, 2.05) is 7.85 Å². The van der Waals surface area contributed by atoms with Crippen LogP contribution in [0.1, 0.15) is 16.8 Å². The lowest BCUT2D eigenvalue weighted by Crippen LogP contribution is -2.27. The fraction of sp³-hybridized carbons (Fsp3) is 0.250. The Labute approximate surface area is 194 Å². The molecule has 13 heteroatoms.